The Hall–Kier alpha value is -5.80. The number of unbranched alkanes of at least 4 members (excludes halogenated alkanes) is 5. The highest BCUT2D eigenvalue weighted by atomic mass is 16.2. The molecule has 56 heavy (non-hydrogen) atoms. The second-order valence-electron chi connectivity index (χ2n) is 15.2. The molecule has 12 heteroatoms. The first-order valence-corrected chi connectivity index (χ1v) is 20.0. The summed E-state index contributed by atoms with van der Waals surface area (Å²) in [4.78, 5) is 62.7. The van der Waals surface area contributed by atoms with Crippen LogP contribution in [0.15, 0.2) is 54.7 Å². The molecule has 2 saturated heterocycles. The topological polar surface area (TPSA) is 145 Å². The predicted octanol–water partition coefficient (Wildman–Crippen LogP) is 6.78. The van der Waals surface area contributed by atoms with Gasteiger partial charge >= 0.3 is 0 Å². The van der Waals surface area contributed by atoms with E-state index in [-0.39, 0.29) is 24.1 Å². The molecule has 3 aliphatic heterocycles. The van der Waals surface area contributed by atoms with Crippen LogP contribution in [0.4, 0.5) is 5.82 Å². The average molecular weight is 753 g/mol. The Morgan fingerprint density at radius 2 is 1.86 bits per heavy atom. The fourth-order valence-corrected chi connectivity index (χ4v) is 8.56. The lowest BCUT2D eigenvalue weighted by Crippen LogP contribution is -2.52. The molecule has 0 saturated carbocycles. The molecule has 2 fully saturated rings. The minimum atomic E-state index is -0.634. The number of aromatic amines is 1. The molecular formula is C44H48N8O4. The Bertz CT molecular complexity index is 2400. The van der Waals surface area contributed by atoms with E-state index in [9.17, 15) is 19.2 Å². The van der Waals surface area contributed by atoms with Gasteiger partial charge in [-0.25, -0.2) is 4.98 Å². The Morgan fingerprint density at radius 3 is 2.71 bits per heavy atom. The molecule has 8 rings (SSSR count). The van der Waals surface area contributed by atoms with Crippen LogP contribution in [0.25, 0.3) is 21.8 Å². The number of hydrogen-bond acceptors (Lipinski definition) is 7. The summed E-state index contributed by atoms with van der Waals surface area (Å²) in [6, 6.07) is 15.2. The number of amides is 4. The lowest BCUT2D eigenvalue weighted by molar-refractivity contribution is -0.136. The number of likely N-dealkylation sites (tertiary alicyclic amines) is 1. The SMILES string of the molecule is CCN1CCC[C@@H]1c1cc2cnc(NC(=O)c3ccc4c(C)nn(CCCCCCCC#Cc5cccc6c5CN(C5CCC(=O)NC5=O)C6=O)c4c3)cc2[nH]1. The molecule has 288 valence electrons. The van der Waals surface area contributed by atoms with E-state index in [1.807, 2.05) is 54.2 Å². The summed E-state index contributed by atoms with van der Waals surface area (Å²) in [5, 5.41) is 12.2. The molecule has 12 nitrogen and oxygen atoms in total. The van der Waals surface area contributed by atoms with Crippen molar-refractivity contribution >= 4 is 51.3 Å². The molecule has 0 aliphatic carbocycles. The number of nitrogens with one attached hydrogen (secondary N) is 3. The summed E-state index contributed by atoms with van der Waals surface area (Å²) in [5.41, 5.74) is 6.90. The van der Waals surface area contributed by atoms with Crippen molar-refractivity contribution in [2.45, 2.75) is 103 Å². The van der Waals surface area contributed by atoms with Crippen molar-refractivity contribution in [3.05, 3.63) is 88.4 Å². The minimum absolute atomic E-state index is 0.183. The minimum Gasteiger partial charge on any atom is -0.357 e. The zero-order chi connectivity index (χ0) is 38.8. The van der Waals surface area contributed by atoms with Crippen LogP contribution in [-0.2, 0) is 22.7 Å². The third-order valence-corrected chi connectivity index (χ3v) is 11.6. The first kappa shape index (κ1) is 37.1. The number of pyridine rings is 1. The molecular weight excluding hydrogens is 705 g/mol. The van der Waals surface area contributed by atoms with Crippen molar-refractivity contribution in [1.82, 2.24) is 34.9 Å². The number of imide groups is 1. The molecule has 3 N–H and O–H groups in total. The van der Waals surface area contributed by atoms with Gasteiger partial charge < -0.3 is 15.2 Å². The summed E-state index contributed by atoms with van der Waals surface area (Å²) in [7, 11) is 0. The standard InChI is InChI=1S/C44H48N8O4/c1-3-50-21-12-16-37(50)36-23-31-26-45-40(25-35(31)46-36)47-42(54)30-17-18-32-28(2)49-52(39(32)24-30)22-10-8-6-4-5-7-9-13-29-14-11-15-33-34(29)27-51(44(33)56)38-19-20-41(53)48-43(38)55/h11,14-15,17-18,23-26,37-38,46H,3-8,10,12,16,19-22,27H2,1-2H3,(H,45,47,54)(H,48,53,55)/t37-,38?/m1/s1. The average Bonchev–Trinajstić information content (AvgIpc) is 3.99. The first-order chi connectivity index (χ1) is 27.3. The summed E-state index contributed by atoms with van der Waals surface area (Å²) in [6.07, 6.45) is 10.7. The molecule has 0 bridgehead atoms. The number of aromatic nitrogens is 4. The van der Waals surface area contributed by atoms with E-state index in [1.54, 1.807) is 11.0 Å². The fourth-order valence-electron chi connectivity index (χ4n) is 8.56. The van der Waals surface area contributed by atoms with Gasteiger partial charge in [-0.2, -0.15) is 5.10 Å². The van der Waals surface area contributed by atoms with Crippen LogP contribution in [-0.4, -0.2) is 72.3 Å². The molecule has 4 amide bonds. The highest BCUT2D eigenvalue weighted by Gasteiger charge is 2.39. The number of fused-ring (bicyclic) bond motifs is 3. The van der Waals surface area contributed by atoms with Crippen LogP contribution in [0, 0.1) is 18.8 Å². The van der Waals surface area contributed by atoms with Crippen molar-refractivity contribution < 1.29 is 19.2 Å². The maximum absolute atomic E-state index is 13.4. The largest absolute Gasteiger partial charge is 0.357 e. The highest BCUT2D eigenvalue weighted by Crippen LogP contribution is 2.33. The van der Waals surface area contributed by atoms with E-state index < -0.39 is 11.9 Å². The van der Waals surface area contributed by atoms with Gasteiger partial charge in [0, 0.05) is 77.4 Å². The third kappa shape index (κ3) is 7.56. The van der Waals surface area contributed by atoms with Gasteiger partial charge in [0.2, 0.25) is 11.8 Å². The van der Waals surface area contributed by atoms with E-state index in [0.717, 1.165) is 103 Å². The van der Waals surface area contributed by atoms with Crippen molar-refractivity contribution in [3.8, 4) is 11.8 Å². The number of nitrogens with zero attached hydrogens (tertiary/aromatic N) is 5. The Morgan fingerprint density at radius 1 is 1.00 bits per heavy atom. The van der Waals surface area contributed by atoms with Gasteiger partial charge in [-0.05, 0) is 88.0 Å². The number of aryl methyl sites for hydroxylation is 2. The van der Waals surface area contributed by atoms with E-state index in [1.165, 1.54) is 12.1 Å². The van der Waals surface area contributed by atoms with Gasteiger partial charge in [0.05, 0.1) is 16.7 Å². The molecule has 0 radical (unpaired) electrons. The van der Waals surface area contributed by atoms with Crippen LogP contribution >= 0.6 is 0 Å². The Kier molecular flexibility index (Phi) is 10.7. The Labute approximate surface area is 326 Å². The van der Waals surface area contributed by atoms with Crippen molar-refractivity contribution in [2.24, 2.45) is 0 Å². The number of anilines is 1. The predicted molar refractivity (Wildman–Crippen MR) is 215 cm³/mol. The van der Waals surface area contributed by atoms with Gasteiger partial charge in [0.1, 0.15) is 11.9 Å². The molecule has 3 aromatic heterocycles. The number of rotatable bonds is 12. The number of carbonyl (C=O) groups is 4. The van der Waals surface area contributed by atoms with Gasteiger partial charge in [0.15, 0.2) is 0 Å². The van der Waals surface area contributed by atoms with Gasteiger partial charge in [-0.1, -0.05) is 50.2 Å². The van der Waals surface area contributed by atoms with E-state index in [0.29, 0.717) is 36.0 Å². The Balaban J connectivity index is 0.809. The molecule has 2 atom stereocenters. The number of H-pyrrole nitrogens is 1. The number of carbonyl (C=O) groups excluding carboxylic acids is 4. The van der Waals surface area contributed by atoms with Crippen molar-refractivity contribution in [1.29, 1.82) is 0 Å². The monoisotopic (exact) mass is 752 g/mol. The smallest absolute Gasteiger partial charge is 0.256 e. The third-order valence-electron chi connectivity index (χ3n) is 11.6. The summed E-state index contributed by atoms with van der Waals surface area (Å²) < 4.78 is 2.02. The van der Waals surface area contributed by atoms with Gasteiger partial charge in [-0.3, -0.25) is 34.1 Å². The number of piperidine rings is 1. The molecule has 6 heterocycles. The number of benzene rings is 2. The molecule has 3 aliphatic rings. The van der Waals surface area contributed by atoms with E-state index >= 15 is 0 Å². The van der Waals surface area contributed by atoms with Crippen molar-refractivity contribution in [2.75, 3.05) is 18.4 Å². The lowest BCUT2D eigenvalue weighted by Gasteiger charge is -2.29. The highest BCUT2D eigenvalue weighted by molar-refractivity contribution is 6.07. The maximum Gasteiger partial charge on any atom is 0.256 e. The lowest BCUT2D eigenvalue weighted by atomic mass is 10.0. The van der Waals surface area contributed by atoms with Crippen LogP contribution < -0.4 is 10.6 Å². The summed E-state index contributed by atoms with van der Waals surface area (Å²) in [5.74, 6) is 5.99. The molecule has 5 aromatic rings. The molecule has 0 spiro atoms. The number of hydrogen-bond donors (Lipinski definition) is 3. The van der Waals surface area contributed by atoms with Crippen LogP contribution in [0.5, 0.6) is 0 Å². The fraction of sp³-hybridized carbons (Fsp3) is 0.409. The molecule has 1 unspecified atom stereocenters. The van der Waals surface area contributed by atoms with Crippen LogP contribution in [0.1, 0.15) is 120 Å². The van der Waals surface area contributed by atoms with Gasteiger partial charge in [0.25, 0.3) is 11.8 Å². The first-order valence-electron chi connectivity index (χ1n) is 20.0. The molecule has 2 aromatic carbocycles. The van der Waals surface area contributed by atoms with Crippen LogP contribution in [0.2, 0.25) is 0 Å². The quantitative estimate of drug-likeness (QED) is 0.0724. The van der Waals surface area contributed by atoms with Crippen molar-refractivity contribution in [3.63, 3.8) is 0 Å². The van der Waals surface area contributed by atoms with E-state index in [4.69, 9.17) is 5.10 Å². The van der Waals surface area contributed by atoms with Gasteiger partial charge in [-0.15, -0.1) is 0 Å². The maximum atomic E-state index is 13.4. The summed E-state index contributed by atoms with van der Waals surface area (Å²) in [6.45, 7) is 7.46. The zero-order valence-electron chi connectivity index (χ0n) is 32.1. The second-order valence-corrected chi connectivity index (χ2v) is 15.2. The van der Waals surface area contributed by atoms with E-state index in [2.05, 4.69) is 50.3 Å². The normalized spacial score (nSPS) is 18.4. The second kappa shape index (κ2) is 16.1. The zero-order valence-corrected chi connectivity index (χ0v) is 32.1. The van der Waals surface area contributed by atoms with Crippen LogP contribution in [0.3, 0.4) is 0 Å². The summed E-state index contributed by atoms with van der Waals surface area (Å²) >= 11 is 0.